The smallest absolute Gasteiger partial charge is 0.326 e. The van der Waals surface area contributed by atoms with Crippen LogP contribution in [0.4, 0.5) is 5.69 Å². The topological polar surface area (TPSA) is 110 Å². The number of carbonyl (C=O) groups excluding carboxylic acids is 1. The molecule has 130 valence electrons. The molecule has 2 rings (SSSR count). The maximum absolute atomic E-state index is 12.0. The zero-order valence-corrected chi connectivity index (χ0v) is 13.4. The molecule has 2 aromatic rings. The van der Waals surface area contributed by atoms with Crippen LogP contribution in [-0.4, -0.2) is 27.9 Å². The molecule has 0 saturated heterocycles. The Morgan fingerprint density at radius 3 is 2.36 bits per heavy atom. The fraction of sp³-hybridized carbons (Fsp3) is 0.222. The standard InChI is InChI=1S/C18H18N2O5/c21-17(11-10-13-6-2-1-3-7-13)19-15(18(22)23)12-14-8-4-5-9-16(14)20(24)25/h1-9,15H,10-12H2,(H,19,21)(H,22,23)/t15-/m0/s1. The lowest BCUT2D eigenvalue weighted by atomic mass is 10.0. The van der Waals surface area contributed by atoms with Crippen molar-refractivity contribution >= 4 is 17.6 Å². The molecule has 7 nitrogen and oxygen atoms in total. The van der Waals surface area contributed by atoms with E-state index in [1.165, 1.54) is 18.2 Å². The highest BCUT2D eigenvalue weighted by molar-refractivity contribution is 5.84. The van der Waals surface area contributed by atoms with Crippen LogP contribution in [0.15, 0.2) is 54.6 Å². The van der Waals surface area contributed by atoms with E-state index >= 15 is 0 Å². The van der Waals surface area contributed by atoms with Gasteiger partial charge < -0.3 is 10.4 Å². The Balaban J connectivity index is 2.00. The minimum Gasteiger partial charge on any atom is -0.480 e. The number of aliphatic carboxylic acids is 1. The number of nitro groups is 1. The van der Waals surface area contributed by atoms with Gasteiger partial charge in [0.05, 0.1) is 4.92 Å². The Labute approximate surface area is 144 Å². The molecule has 0 heterocycles. The fourth-order valence-electron chi connectivity index (χ4n) is 2.45. The summed E-state index contributed by atoms with van der Waals surface area (Å²) in [4.78, 5) is 33.9. The van der Waals surface area contributed by atoms with Crippen molar-refractivity contribution in [2.24, 2.45) is 0 Å². The number of amides is 1. The lowest BCUT2D eigenvalue weighted by Gasteiger charge is -2.14. The molecule has 0 aliphatic rings. The SMILES string of the molecule is O=C(CCc1ccccc1)N[C@@H](Cc1ccccc1[N+](=O)[O-])C(=O)O. The van der Waals surface area contributed by atoms with Crippen LogP contribution in [0.25, 0.3) is 0 Å². The Hall–Kier alpha value is -3.22. The van der Waals surface area contributed by atoms with E-state index in [-0.39, 0.29) is 24.1 Å². The van der Waals surface area contributed by atoms with E-state index in [1.54, 1.807) is 6.07 Å². The Morgan fingerprint density at radius 2 is 1.72 bits per heavy atom. The number of nitrogens with zero attached hydrogens (tertiary/aromatic N) is 1. The molecule has 0 aliphatic heterocycles. The number of benzene rings is 2. The van der Waals surface area contributed by atoms with Crippen molar-refractivity contribution in [2.75, 3.05) is 0 Å². The zero-order chi connectivity index (χ0) is 18.2. The number of hydrogen-bond donors (Lipinski definition) is 2. The number of rotatable bonds is 8. The van der Waals surface area contributed by atoms with Gasteiger partial charge in [0.15, 0.2) is 0 Å². The van der Waals surface area contributed by atoms with Crippen LogP contribution in [0, 0.1) is 10.1 Å². The maximum atomic E-state index is 12.0. The van der Waals surface area contributed by atoms with Gasteiger partial charge in [0.2, 0.25) is 5.91 Å². The summed E-state index contributed by atoms with van der Waals surface area (Å²) in [6, 6.07) is 14.1. The van der Waals surface area contributed by atoms with Gasteiger partial charge in [0.1, 0.15) is 6.04 Å². The second-order valence-electron chi connectivity index (χ2n) is 5.53. The van der Waals surface area contributed by atoms with Crippen LogP contribution in [0.2, 0.25) is 0 Å². The van der Waals surface area contributed by atoms with Crippen molar-refractivity contribution in [1.82, 2.24) is 5.32 Å². The molecule has 0 aromatic heterocycles. The van der Waals surface area contributed by atoms with Gasteiger partial charge in [-0.2, -0.15) is 0 Å². The molecular formula is C18H18N2O5. The summed E-state index contributed by atoms with van der Waals surface area (Å²) in [6.07, 6.45) is 0.485. The van der Waals surface area contributed by atoms with Crippen molar-refractivity contribution in [2.45, 2.75) is 25.3 Å². The first kappa shape index (κ1) is 18.1. The number of carbonyl (C=O) groups is 2. The van der Waals surface area contributed by atoms with E-state index in [2.05, 4.69) is 5.32 Å². The number of carboxylic acids is 1. The summed E-state index contributed by atoms with van der Waals surface area (Å²) in [5.74, 6) is -1.64. The molecule has 7 heteroatoms. The molecular weight excluding hydrogens is 324 g/mol. The highest BCUT2D eigenvalue weighted by atomic mass is 16.6. The molecule has 1 atom stereocenters. The van der Waals surface area contributed by atoms with Crippen LogP contribution < -0.4 is 5.32 Å². The predicted octanol–water partition coefficient (Wildman–Crippen LogP) is 2.34. The van der Waals surface area contributed by atoms with Gasteiger partial charge in [0.25, 0.3) is 5.69 Å². The first-order valence-electron chi connectivity index (χ1n) is 7.75. The minimum absolute atomic E-state index is 0.144. The van der Waals surface area contributed by atoms with Crippen molar-refractivity contribution in [3.63, 3.8) is 0 Å². The van der Waals surface area contributed by atoms with Crippen LogP contribution >= 0.6 is 0 Å². The molecule has 0 aliphatic carbocycles. The summed E-state index contributed by atoms with van der Waals surface area (Å²) in [5.41, 5.74) is 1.08. The highest BCUT2D eigenvalue weighted by Crippen LogP contribution is 2.19. The van der Waals surface area contributed by atoms with E-state index in [0.717, 1.165) is 5.56 Å². The number of aryl methyl sites for hydroxylation is 1. The normalized spacial score (nSPS) is 11.5. The van der Waals surface area contributed by atoms with Gasteiger partial charge in [-0.3, -0.25) is 14.9 Å². The van der Waals surface area contributed by atoms with E-state index in [4.69, 9.17) is 0 Å². The second-order valence-corrected chi connectivity index (χ2v) is 5.53. The third kappa shape index (κ3) is 5.42. The van der Waals surface area contributed by atoms with Crippen LogP contribution in [0.3, 0.4) is 0 Å². The monoisotopic (exact) mass is 342 g/mol. The number of nitrogens with one attached hydrogen (secondary N) is 1. The molecule has 0 unspecified atom stereocenters. The molecule has 0 fully saturated rings. The molecule has 0 radical (unpaired) electrons. The molecule has 25 heavy (non-hydrogen) atoms. The number of hydrogen-bond acceptors (Lipinski definition) is 4. The average Bonchev–Trinajstić information content (AvgIpc) is 2.60. The summed E-state index contributed by atoms with van der Waals surface area (Å²) in [5, 5.41) is 22.8. The maximum Gasteiger partial charge on any atom is 0.326 e. The van der Waals surface area contributed by atoms with Gasteiger partial charge in [-0.25, -0.2) is 4.79 Å². The van der Waals surface area contributed by atoms with Gasteiger partial charge in [0, 0.05) is 24.5 Å². The highest BCUT2D eigenvalue weighted by Gasteiger charge is 2.24. The summed E-state index contributed by atoms with van der Waals surface area (Å²) in [7, 11) is 0. The lowest BCUT2D eigenvalue weighted by molar-refractivity contribution is -0.385. The van der Waals surface area contributed by atoms with Crippen molar-refractivity contribution in [3.05, 3.63) is 75.8 Å². The number of carboxylic acid groups (broad SMARTS) is 1. The van der Waals surface area contributed by atoms with Crippen molar-refractivity contribution in [1.29, 1.82) is 0 Å². The Kier molecular flexibility index (Phi) is 6.22. The molecule has 2 aromatic carbocycles. The van der Waals surface area contributed by atoms with Crippen LogP contribution in [-0.2, 0) is 22.4 Å². The molecule has 1 amide bonds. The Morgan fingerprint density at radius 1 is 1.08 bits per heavy atom. The van der Waals surface area contributed by atoms with Gasteiger partial charge >= 0.3 is 5.97 Å². The van der Waals surface area contributed by atoms with Gasteiger partial charge in [-0.1, -0.05) is 48.5 Å². The van der Waals surface area contributed by atoms with E-state index in [0.29, 0.717) is 6.42 Å². The molecule has 2 N–H and O–H groups in total. The molecule has 0 saturated carbocycles. The van der Waals surface area contributed by atoms with Gasteiger partial charge in [-0.05, 0) is 12.0 Å². The first-order chi connectivity index (χ1) is 12.0. The van der Waals surface area contributed by atoms with Crippen molar-refractivity contribution < 1.29 is 19.6 Å². The summed E-state index contributed by atoms with van der Waals surface area (Å²) >= 11 is 0. The molecule has 0 spiro atoms. The first-order valence-corrected chi connectivity index (χ1v) is 7.75. The largest absolute Gasteiger partial charge is 0.480 e. The molecule has 0 bridgehead atoms. The van der Waals surface area contributed by atoms with Crippen LogP contribution in [0.5, 0.6) is 0 Å². The van der Waals surface area contributed by atoms with E-state index < -0.39 is 22.8 Å². The van der Waals surface area contributed by atoms with Crippen molar-refractivity contribution in [3.8, 4) is 0 Å². The summed E-state index contributed by atoms with van der Waals surface area (Å²) < 4.78 is 0. The average molecular weight is 342 g/mol. The quantitative estimate of drug-likeness (QED) is 0.565. The third-order valence-electron chi connectivity index (χ3n) is 3.73. The zero-order valence-electron chi connectivity index (χ0n) is 13.4. The third-order valence-corrected chi connectivity index (χ3v) is 3.73. The fourth-order valence-corrected chi connectivity index (χ4v) is 2.45. The van der Waals surface area contributed by atoms with E-state index in [1.807, 2.05) is 30.3 Å². The lowest BCUT2D eigenvalue weighted by Crippen LogP contribution is -2.42. The van der Waals surface area contributed by atoms with Crippen LogP contribution in [0.1, 0.15) is 17.5 Å². The number of nitro benzene ring substituents is 1. The summed E-state index contributed by atoms with van der Waals surface area (Å²) in [6.45, 7) is 0. The van der Waals surface area contributed by atoms with E-state index in [9.17, 15) is 24.8 Å². The Bertz CT molecular complexity index is 761. The minimum atomic E-state index is -1.23. The second kappa shape index (κ2) is 8.58. The number of para-hydroxylation sites is 1. The predicted molar refractivity (Wildman–Crippen MR) is 91.1 cm³/mol. The van der Waals surface area contributed by atoms with Gasteiger partial charge in [-0.15, -0.1) is 0 Å².